The molecule has 0 aliphatic carbocycles. The van der Waals surface area contributed by atoms with Crippen LogP contribution < -0.4 is 4.90 Å². The summed E-state index contributed by atoms with van der Waals surface area (Å²) in [6.07, 6.45) is 0.727. The maximum absolute atomic E-state index is 14.5. The highest BCUT2D eigenvalue weighted by Gasteiger charge is 2.47. The van der Waals surface area contributed by atoms with Gasteiger partial charge in [0.05, 0.1) is 18.7 Å². The lowest BCUT2D eigenvalue weighted by molar-refractivity contribution is 0.0693. The van der Waals surface area contributed by atoms with Crippen molar-refractivity contribution in [1.82, 2.24) is 4.90 Å². The Morgan fingerprint density at radius 2 is 1.88 bits per heavy atom. The molecule has 0 radical (unpaired) electrons. The van der Waals surface area contributed by atoms with Crippen molar-refractivity contribution >= 4 is 11.6 Å². The minimum absolute atomic E-state index is 0.0193. The number of hydrogen-bond donors (Lipinski definition) is 1. The number of aliphatic hydroxyl groups is 1. The minimum Gasteiger partial charge on any atom is -0.394 e. The number of halogens is 2. The number of rotatable bonds is 3. The summed E-state index contributed by atoms with van der Waals surface area (Å²) in [5.41, 5.74) is 3.37. The lowest BCUT2D eigenvalue weighted by Crippen LogP contribution is -2.48. The third-order valence-electron chi connectivity index (χ3n) is 6.87. The van der Waals surface area contributed by atoms with Gasteiger partial charge < -0.3 is 14.9 Å². The second kappa shape index (κ2) is 8.02. The van der Waals surface area contributed by atoms with E-state index in [1.807, 2.05) is 25.2 Å². The van der Waals surface area contributed by atoms with E-state index in [1.54, 1.807) is 29.2 Å². The van der Waals surface area contributed by atoms with Gasteiger partial charge in [-0.1, -0.05) is 30.3 Å². The Morgan fingerprint density at radius 3 is 2.62 bits per heavy atom. The fourth-order valence-corrected chi connectivity index (χ4v) is 5.33. The van der Waals surface area contributed by atoms with Crippen LogP contribution in [0.15, 0.2) is 66.7 Å². The molecular weight excluding hydrogens is 410 g/mol. The van der Waals surface area contributed by atoms with Crippen LogP contribution in [0.3, 0.4) is 0 Å². The lowest BCUT2D eigenvalue weighted by Gasteiger charge is -2.44. The summed E-state index contributed by atoms with van der Waals surface area (Å²) in [7, 11) is 1.94. The van der Waals surface area contributed by atoms with E-state index in [-0.39, 0.29) is 36.3 Å². The Bertz CT molecular complexity index is 1180. The van der Waals surface area contributed by atoms with Crippen LogP contribution in [0.25, 0.3) is 11.1 Å². The summed E-state index contributed by atoms with van der Waals surface area (Å²) < 4.78 is 28.3. The Labute approximate surface area is 185 Å². The number of likely N-dealkylation sites (tertiary alicyclic amines) is 1. The summed E-state index contributed by atoms with van der Waals surface area (Å²) in [5, 5.41) is 10.1. The van der Waals surface area contributed by atoms with Crippen LogP contribution in [0.1, 0.15) is 28.4 Å². The number of likely N-dealkylation sites (N-methyl/N-ethyl adjacent to an activating group) is 1. The molecule has 4 nitrogen and oxygen atoms in total. The lowest BCUT2D eigenvalue weighted by atomic mass is 9.81. The third-order valence-corrected chi connectivity index (χ3v) is 6.87. The summed E-state index contributed by atoms with van der Waals surface area (Å²) in [6, 6.07) is 17.7. The summed E-state index contributed by atoms with van der Waals surface area (Å²) in [4.78, 5) is 17.2. The van der Waals surface area contributed by atoms with Crippen molar-refractivity contribution in [2.75, 3.05) is 25.1 Å². The first-order chi connectivity index (χ1) is 15.5. The largest absolute Gasteiger partial charge is 0.394 e. The SMILES string of the molecule is CN1c2ccc(-c3ccccc3F)cc2[C@@H]2[C@@H](CCN2C(=O)c2cccc(F)c2)[C@H]1CO. The second-order valence-corrected chi connectivity index (χ2v) is 8.52. The van der Waals surface area contributed by atoms with Crippen molar-refractivity contribution in [1.29, 1.82) is 0 Å². The number of fused-ring (bicyclic) bond motifs is 3. The molecule has 0 unspecified atom stereocenters. The fourth-order valence-electron chi connectivity index (χ4n) is 5.33. The smallest absolute Gasteiger partial charge is 0.254 e. The number of anilines is 1. The van der Waals surface area contributed by atoms with E-state index in [9.17, 15) is 18.7 Å². The maximum atomic E-state index is 14.5. The molecular formula is C26H24F2N2O2. The number of aliphatic hydroxyl groups excluding tert-OH is 1. The first-order valence-electron chi connectivity index (χ1n) is 10.8. The fraction of sp³-hybridized carbons (Fsp3) is 0.269. The quantitative estimate of drug-likeness (QED) is 0.653. The predicted octanol–water partition coefficient (Wildman–Crippen LogP) is 4.65. The molecule has 0 spiro atoms. The molecule has 5 rings (SSSR count). The predicted molar refractivity (Wildman–Crippen MR) is 119 cm³/mol. The van der Waals surface area contributed by atoms with E-state index >= 15 is 0 Å². The molecule has 6 heteroatoms. The zero-order valence-corrected chi connectivity index (χ0v) is 17.7. The molecule has 1 amide bonds. The standard InChI is InChI=1S/C26H24F2N2O2/c1-29-23-10-9-16(19-7-2-3-8-22(19)28)14-21(23)25-20(24(29)15-31)11-12-30(25)26(32)17-5-4-6-18(27)13-17/h2-10,13-14,20,24-25,31H,11-12,15H2,1H3/t20-,24+,25-/m0/s1. The molecule has 2 aliphatic heterocycles. The van der Waals surface area contributed by atoms with Crippen molar-refractivity contribution in [3.8, 4) is 11.1 Å². The molecule has 2 aliphatic rings. The van der Waals surface area contributed by atoms with E-state index in [0.717, 1.165) is 23.2 Å². The Morgan fingerprint density at radius 1 is 1.06 bits per heavy atom. The summed E-state index contributed by atoms with van der Waals surface area (Å²) in [6.45, 7) is 0.479. The van der Waals surface area contributed by atoms with Crippen molar-refractivity contribution in [3.63, 3.8) is 0 Å². The van der Waals surface area contributed by atoms with Gasteiger partial charge in [0, 0.05) is 36.3 Å². The molecule has 2 heterocycles. The molecule has 3 atom stereocenters. The van der Waals surface area contributed by atoms with Crippen LogP contribution in [0.5, 0.6) is 0 Å². The number of nitrogens with zero attached hydrogens (tertiary/aromatic N) is 2. The molecule has 1 saturated heterocycles. The van der Waals surface area contributed by atoms with Gasteiger partial charge in [-0.3, -0.25) is 4.79 Å². The Hall–Kier alpha value is -3.25. The van der Waals surface area contributed by atoms with Gasteiger partial charge in [0.2, 0.25) is 0 Å². The van der Waals surface area contributed by atoms with Crippen molar-refractivity contribution in [2.45, 2.75) is 18.5 Å². The van der Waals surface area contributed by atoms with Gasteiger partial charge in [0.15, 0.2) is 0 Å². The van der Waals surface area contributed by atoms with Crippen LogP contribution in [0, 0.1) is 17.6 Å². The number of benzene rings is 3. The molecule has 3 aromatic rings. The highest BCUT2D eigenvalue weighted by Crippen LogP contribution is 2.49. The molecule has 0 bridgehead atoms. The molecule has 32 heavy (non-hydrogen) atoms. The average molecular weight is 434 g/mol. The minimum atomic E-state index is -0.453. The maximum Gasteiger partial charge on any atom is 0.254 e. The molecule has 3 aromatic carbocycles. The number of amides is 1. The second-order valence-electron chi connectivity index (χ2n) is 8.52. The van der Waals surface area contributed by atoms with Crippen LogP contribution in [-0.4, -0.2) is 42.2 Å². The molecule has 0 aromatic heterocycles. The van der Waals surface area contributed by atoms with Gasteiger partial charge in [-0.05, 0) is 53.9 Å². The zero-order chi connectivity index (χ0) is 22.4. The summed E-state index contributed by atoms with van der Waals surface area (Å²) in [5.74, 6) is -0.975. The van der Waals surface area contributed by atoms with E-state index in [0.29, 0.717) is 17.7 Å². The van der Waals surface area contributed by atoms with Crippen molar-refractivity contribution < 1.29 is 18.7 Å². The third kappa shape index (κ3) is 3.26. The Kier molecular flexibility index (Phi) is 5.18. The topological polar surface area (TPSA) is 43.8 Å². The van der Waals surface area contributed by atoms with Gasteiger partial charge in [0.1, 0.15) is 11.6 Å². The highest BCUT2D eigenvalue weighted by atomic mass is 19.1. The average Bonchev–Trinajstić information content (AvgIpc) is 3.24. The van der Waals surface area contributed by atoms with Gasteiger partial charge >= 0.3 is 0 Å². The molecule has 0 saturated carbocycles. The number of carbonyl (C=O) groups excluding carboxylic acids is 1. The van der Waals surface area contributed by atoms with Gasteiger partial charge in [-0.2, -0.15) is 0 Å². The van der Waals surface area contributed by atoms with E-state index in [1.165, 1.54) is 24.3 Å². The molecule has 1 N–H and O–H groups in total. The van der Waals surface area contributed by atoms with Gasteiger partial charge in [-0.25, -0.2) is 8.78 Å². The van der Waals surface area contributed by atoms with Gasteiger partial charge in [-0.15, -0.1) is 0 Å². The zero-order valence-electron chi connectivity index (χ0n) is 17.7. The van der Waals surface area contributed by atoms with E-state index < -0.39 is 5.82 Å². The normalized spacial score (nSPS) is 21.9. The highest BCUT2D eigenvalue weighted by molar-refractivity contribution is 5.95. The van der Waals surface area contributed by atoms with Crippen molar-refractivity contribution in [2.24, 2.45) is 5.92 Å². The van der Waals surface area contributed by atoms with Crippen LogP contribution in [0.2, 0.25) is 0 Å². The number of hydrogen-bond acceptors (Lipinski definition) is 3. The Balaban J connectivity index is 1.62. The van der Waals surface area contributed by atoms with Crippen LogP contribution in [0.4, 0.5) is 14.5 Å². The number of carbonyl (C=O) groups is 1. The first-order valence-corrected chi connectivity index (χ1v) is 10.8. The molecule has 164 valence electrons. The first kappa shape index (κ1) is 20.6. The monoisotopic (exact) mass is 434 g/mol. The van der Waals surface area contributed by atoms with E-state index in [2.05, 4.69) is 4.90 Å². The van der Waals surface area contributed by atoms with Gasteiger partial charge in [0.25, 0.3) is 5.91 Å². The van der Waals surface area contributed by atoms with Crippen molar-refractivity contribution in [3.05, 3.63) is 89.5 Å². The summed E-state index contributed by atoms with van der Waals surface area (Å²) >= 11 is 0. The van der Waals surface area contributed by atoms with Crippen LogP contribution in [-0.2, 0) is 0 Å². The molecule has 1 fully saturated rings. The van der Waals surface area contributed by atoms with Crippen LogP contribution >= 0.6 is 0 Å². The van der Waals surface area contributed by atoms with E-state index in [4.69, 9.17) is 0 Å².